The molecule has 1 aromatic heterocycles. The second-order valence-corrected chi connectivity index (χ2v) is 4.40. The lowest BCUT2D eigenvalue weighted by Gasteiger charge is -2.10. The Labute approximate surface area is 96.7 Å². The van der Waals surface area contributed by atoms with E-state index in [9.17, 15) is 0 Å². The Morgan fingerprint density at radius 2 is 2.12 bits per heavy atom. The SMILES string of the molecule is CNCC(C)Cc1cnc2ccccc2c1. The molecule has 0 saturated heterocycles. The van der Waals surface area contributed by atoms with Crippen LogP contribution in [0.3, 0.4) is 0 Å². The first-order valence-corrected chi connectivity index (χ1v) is 5.78. The summed E-state index contributed by atoms with van der Waals surface area (Å²) in [6.45, 7) is 3.30. The van der Waals surface area contributed by atoms with Gasteiger partial charge in [-0.05, 0) is 43.6 Å². The van der Waals surface area contributed by atoms with E-state index in [0.717, 1.165) is 18.5 Å². The van der Waals surface area contributed by atoms with Gasteiger partial charge in [0.1, 0.15) is 0 Å². The van der Waals surface area contributed by atoms with Gasteiger partial charge in [-0.25, -0.2) is 0 Å². The van der Waals surface area contributed by atoms with E-state index >= 15 is 0 Å². The van der Waals surface area contributed by atoms with Crippen LogP contribution in [-0.4, -0.2) is 18.6 Å². The number of nitrogens with one attached hydrogen (secondary N) is 1. The Hall–Kier alpha value is -1.41. The monoisotopic (exact) mass is 214 g/mol. The summed E-state index contributed by atoms with van der Waals surface area (Å²) in [5, 5.41) is 4.44. The first-order valence-electron chi connectivity index (χ1n) is 5.78. The molecule has 1 unspecified atom stereocenters. The van der Waals surface area contributed by atoms with Crippen LogP contribution in [0.25, 0.3) is 10.9 Å². The Bertz CT molecular complexity index is 465. The van der Waals surface area contributed by atoms with Crippen LogP contribution in [0.4, 0.5) is 0 Å². The average Bonchev–Trinajstić information content (AvgIpc) is 2.29. The third kappa shape index (κ3) is 2.58. The van der Waals surface area contributed by atoms with Crippen LogP contribution in [0, 0.1) is 5.92 Å². The number of para-hydroxylation sites is 1. The lowest BCUT2D eigenvalue weighted by molar-refractivity contribution is 0.541. The summed E-state index contributed by atoms with van der Waals surface area (Å²) in [6.07, 6.45) is 3.08. The van der Waals surface area contributed by atoms with Gasteiger partial charge in [0.25, 0.3) is 0 Å². The molecule has 0 bridgehead atoms. The Morgan fingerprint density at radius 3 is 2.94 bits per heavy atom. The van der Waals surface area contributed by atoms with E-state index in [0.29, 0.717) is 5.92 Å². The van der Waals surface area contributed by atoms with Crippen LogP contribution < -0.4 is 5.32 Å². The third-order valence-electron chi connectivity index (χ3n) is 2.78. The lowest BCUT2D eigenvalue weighted by atomic mass is 10.0. The van der Waals surface area contributed by atoms with E-state index in [2.05, 4.69) is 41.5 Å². The molecule has 0 aliphatic carbocycles. The highest BCUT2D eigenvalue weighted by molar-refractivity contribution is 5.78. The van der Waals surface area contributed by atoms with Crippen molar-refractivity contribution < 1.29 is 0 Å². The number of fused-ring (bicyclic) bond motifs is 1. The van der Waals surface area contributed by atoms with Gasteiger partial charge in [-0.2, -0.15) is 0 Å². The molecule has 0 fully saturated rings. The fourth-order valence-electron chi connectivity index (χ4n) is 2.05. The molecule has 2 heteroatoms. The largest absolute Gasteiger partial charge is 0.319 e. The number of aromatic nitrogens is 1. The van der Waals surface area contributed by atoms with E-state index in [1.165, 1.54) is 10.9 Å². The van der Waals surface area contributed by atoms with Gasteiger partial charge in [0.2, 0.25) is 0 Å². The van der Waals surface area contributed by atoms with Gasteiger partial charge in [0.15, 0.2) is 0 Å². The molecule has 2 aromatic rings. The van der Waals surface area contributed by atoms with Crippen molar-refractivity contribution in [3.63, 3.8) is 0 Å². The van der Waals surface area contributed by atoms with Crippen molar-refractivity contribution in [1.82, 2.24) is 10.3 Å². The van der Waals surface area contributed by atoms with Gasteiger partial charge < -0.3 is 5.32 Å². The minimum absolute atomic E-state index is 0.646. The molecule has 0 aliphatic heterocycles. The summed E-state index contributed by atoms with van der Waals surface area (Å²) in [4.78, 5) is 4.47. The van der Waals surface area contributed by atoms with Gasteiger partial charge in [-0.15, -0.1) is 0 Å². The van der Waals surface area contributed by atoms with E-state index in [1.54, 1.807) is 0 Å². The predicted molar refractivity (Wildman–Crippen MR) is 68.5 cm³/mol. The van der Waals surface area contributed by atoms with Gasteiger partial charge in [-0.1, -0.05) is 25.1 Å². The van der Waals surface area contributed by atoms with E-state index in [1.807, 2.05) is 19.3 Å². The van der Waals surface area contributed by atoms with Crippen molar-refractivity contribution in [2.45, 2.75) is 13.3 Å². The Balaban J connectivity index is 2.19. The maximum atomic E-state index is 4.47. The smallest absolute Gasteiger partial charge is 0.0702 e. The Kier molecular flexibility index (Phi) is 3.52. The lowest BCUT2D eigenvalue weighted by Crippen LogP contribution is -2.17. The first-order chi connectivity index (χ1) is 7.79. The molecular formula is C14H18N2. The highest BCUT2D eigenvalue weighted by Crippen LogP contribution is 2.15. The number of pyridine rings is 1. The molecule has 0 spiro atoms. The van der Waals surface area contributed by atoms with Gasteiger partial charge in [0, 0.05) is 11.6 Å². The zero-order valence-electron chi connectivity index (χ0n) is 9.90. The first kappa shape index (κ1) is 11.1. The summed E-state index contributed by atoms with van der Waals surface area (Å²) in [7, 11) is 2.00. The number of hydrogen-bond donors (Lipinski definition) is 1. The number of rotatable bonds is 4. The van der Waals surface area contributed by atoms with E-state index in [4.69, 9.17) is 0 Å². The van der Waals surface area contributed by atoms with Crippen LogP contribution in [0.1, 0.15) is 12.5 Å². The normalized spacial score (nSPS) is 12.9. The number of hydrogen-bond acceptors (Lipinski definition) is 2. The predicted octanol–water partition coefficient (Wildman–Crippen LogP) is 2.63. The number of benzene rings is 1. The number of nitrogens with zero attached hydrogens (tertiary/aromatic N) is 1. The van der Waals surface area contributed by atoms with Crippen LogP contribution in [0.2, 0.25) is 0 Å². The molecule has 2 rings (SSSR count). The van der Waals surface area contributed by atoms with Crippen molar-refractivity contribution in [2.75, 3.05) is 13.6 Å². The molecule has 0 aliphatic rings. The fourth-order valence-corrected chi connectivity index (χ4v) is 2.05. The summed E-state index contributed by atoms with van der Waals surface area (Å²) in [5.41, 5.74) is 2.40. The van der Waals surface area contributed by atoms with Gasteiger partial charge in [-0.3, -0.25) is 4.98 Å². The van der Waals surface area contributed by atoms with Crippen molar-refractivity contribution in [2.24, 2.45) is 5.92 Å². The molecule has 1 atom stereocenters. The Morgan fingerprint density at radius 1 is 1.31 bits per heavy atom. The summed E-state index contributed by atoms with van der Waals surface area (Å²) < 4.78 is 0. The van der Waals surface area contributed by atoms with Crippen molar-refractivity contribution in [3.8, 4) is 0 Å². The standard InChI is InChI=1S/C14H18N2/c1-11(9-15-2)7-12-8-13-5-3-4-6-14(13)16-10-12/h3-6,8,10-11,15H,7,9H2,1-2H3. The molecular weight excluding hydrogens is 196 g/mol. The second-order valence-electron chi connectivity index (χ2n) is 4.40. The molecule has 0 radical (unpaired) electrons. The van der Waals surface area contributed by atoms with Gasteiger partial charge >= 0.3 is 0 Å². The van der Waals surface area contributed by atoms with Crippen LogP contribution >= 0.6 is 0 Å². The fraction of sp³-hybridized carbons (Fsp3) is 0.357. The van der Waals surface area contributed by atoms with Crippen molar-refractivity contribution in [1.29, 1.82) is 0 Å². The molecule has 84 valence electrons. The summed E-state index contributed by atoms with van der Waals surface area (Å²) in [6, 6.07) is 10.5. The van der Waals surface area contributed by atoms with Crippen LogP contribution in [-0.2, 0) is 6.42 Å². The van der Waals surface area contributed by atoms with Crippen molar-refractivity contribution >= 4 is 10.9 Å². The minimum Gasteiger partial charge on any atom is -0.319 e. The van der Waals surface area contributed by atoms with E-state index < -0.39 is 0 Å². The maximum absolute atomic E-state index is 4.47. The minimum atomic E-state index is 0.646. The zero-order valence-corrected chi connectivity index (χ0v) is 9.90. The average molecular weight is 214 g/mol. The van der Waals surface area contributed by atoms with Crippen molar-refractivity contribution in [3.05, 3.63) is 42.1 Å². The third-order valence-corrected chi connectivity index (χ3v) is 2.78. The molecule has 0 saturated carbocycles. The highest BCUT2D eigenvalue weighted by Gasteiger charge is 2.03. The quantitative estimate of drug-likeness (QED) is 0.846. The molecule has 1 N–H and O–H groups in total. The molecule has 2 nitrogen and oxygen atoms in total. The molecule has 1 aromatic carbocycles. The topological polar surface area (TPSA) is 24.9 Å². The maximum Gasteiger partial charge on any atom is 0.0702 e. The zero-order chi connectivity index (χ0) is 11.4. The highest BCUT2D eigenvalue weighted by atomic mass is 14.8. The van der Waals surface area contributed by atoms with Crippen LogP contribution in [0.5, 0.6) is 0 Å². The molecule has 1 heterocycles. The van der Waals surface area contributed by atoms with Gasteiger partial charge in [0.05, 0.1) is 5.52 Å². The second kappa shape index (κ2) is 5.08. The molecule has 0 amide bonds. The molecule has 16 heavy (non-hydrogen) atoms. The van der Waals surface area contributed by atoms with E-state index in [-0.39, 0.29) is 0 Å². The summed E-state index contributed by atoms with van der Waals surface area (Å²) >= 11 is 0. The summed E-state index contributed by atoms with van der Waals surface area (Å²) in [5.74, 6) is 0.646. The van der Waals surface area contributed by atoms with Crippen LogP contribution in [0.15, 0.2) is 36.5 Å².